The van der Waals surface area contributed by atoms with Gasteiger partial charge in [-0.25, -0.2) is 4.79 Å². The number of hydrogen-bond acceptors (Lipinski definition) is 8. The molecule has 2 amide bonds. The number of rotatable bonds is 3. The van der Waals surface area contributed by atoms with Crippen molar-refractivity contribution < 1.29 is 23.5 Å². The van der Waals surface area contributed by atoms with Crippen LogP contribution in [0, 0.1) is 0 Å². The Morgan fingerprint density at radius 2 is 1.86 bits per heavy atom. The first kappa shape index (κ1) is 24.9. The van der Waals surface area contributed by atoms with Crippen LogP contribution in [-0.4, -0.2) is 61.8 Å². The Labute approximate surface area is 218 Å². The molecule has 1 aromatic carbocycles. The number of nitrogens with zero attached hydrogens (tertiary/aromatic N) is 3. The Morgan fingerprint density at radius 3 is 2.57 bits per heavy atom. The summed E-state index contributed by atoms with van der Waals surface area (Å²) in [5.74, 6) is 0.886. The minimum Gasteiger partial charge on any atom is -0.490 e. The average Bonchev–Trinajstić information content (AvgIpc) is 3.31. The SMILES string of the molecule is C=CC(=O)N1CCOc2ccc(-c3csc4c(=O)cc(N5CCN(C(=O)OC(C)(C)C)CC5)oc34)cc21. The molecular weight excluding hydrogens is 494 g/mol. The van der Waals surface area contributed by atoms with Gasteiger partial charge in [-0.15, -0.1) is 11.3 Å². The summed E-state index contributed by atoms with van der Waals surface area (Å²) in [6, 6.07) is 7.11. The smallest absolute Gasteiger partial charge is 0.410 e. The Hall–Kier alpha value is -3.79. The molecule has 194 valence electrons. The maximum atomic E-state index is 13.0. The van der Waals surface area contributed by atoms with Gasteiger partial charge in [0.15, 0.2) is 11.5 Å². The van der Waals surface area contributed by atoms with Gasteiger partial charge >= 0.3 is 6.09 Å². The number of fused-ring (bicyclic) bond motifs is 2. The van der Waals surface area contributed by atoms with Gasteiger partial charge in [0.25, 0.3) is 5.91 Å². The summed E-state index contributed by atoms with van der Waals surface area (Å²) in [5.41, 5.74) is 2.07. The molecule has 0 radical (unpaired) electrons. The quantitative estimate of drug-likeness (QED) is 0.467. The van der Waals surface area contributed by atoms with Crippen LogP contribution in [0.3, 0.4) is 0 Å². The van der Waals surface area contributed by atoms with E-state index < -0.39 is 5.60 Å². The summed E-state index contributed by atoms with van der Waals surface area (Å²) < 4.78 is 18.0. The molecule has 9 nitrogen and oxygen atoms in total. The third kappa shape index (κ3) is 4.93. The molecule has 2 aromatic heterocycles. The van der Waals surface area contributed by atoms with E-state index in [1.54, 1.807) is 9.80 Å². The molecule has 1 fully saturated rings. The maximum absolute atomic E-state index is 13.0. The molecule has 0 spiro atoms. The summed E-state index contributed by atoms with van der Waals surface area (Å²) in [6.45, 7) is 11.9. The second-order valence-corrected chi connectivity index (χ2v) is 10.8. The summed E-state index contributed by atoms with van der Waals surface area (Å²) in [7, 11) is 0. The van der Waals surface area contributed by atoms with Gasteiger partial charge in [0.2, 0.25) is 5.43 Å². The van der Waals surface area contributed by atoms with E-state index in [0.29, 0.717) is 66.9 Å². The minimum atomic E-state index is -0.555. The van der Waals surface area contributed by atoms with Crippen molar-refractivity contribution >= 4 is 45.2 Å². The summed E-state index contributed by atoms with van der Waals surface area (Å²) in [5, 5.41) is 1.89. The monoisotopic (exact) mass is 523 g/mol. The number of piperazine rings is 1. The number of carbonyl (C=O) groups is 2. The molecule has 3 aromatic rings. The van der Waals surface area contributed by atoms with Crippen molar-refractivity contribution in [1.82, 2.24) is 4.90 Å². The van der Waals surface area contributed by atoms with Gasteiger partial charge in [-0.3, -0.25) is 9.59 Å². The van der Waals surface area contributed by atoms with Crippen molar-refractivity contribution in [2.24, 2.45) is 0 Å². The molecule has 1 saturated heterocycles. The van der Waals surface area contributed by atoms with Crippen molar-refractivity contribution in [3.05, 3.63) is 52.5 Å². The zero-order valence-electron chi connectivity index (χ0n) is 21.1. The fraction of sp³-hybridized carbons (Fsp3) is 0.370. The van der Waals surface area contributed by atoms with E-state index in [1.165, 1.54) is 23.5 Å². The van der Waals surface area contributed by atoms with Crippen LogP contribution in [0.2, 0.25) is 0 Å². The number of carbonyl (C=O) groups excluding carboxylic acids is 2. The molecule has 37 heavy (non-hydrogen) atoms. The Kier molecular flexibility index (Phi) is 6.45. The first-order valence-electron chi connectivity index (χ1n) is 12.1. The van der Waals surface area contributed by atoms with Gasteiger partial charge < -0.3 is 28.6 Å². The first-order chi connectivity index (χ1) is 17.6. The van der Waals surface area contributed by atoms with E-state index in [2.05, 4.69) is 6.58 Å². The lowest BCUT2D eigenvalue weighted by molar-refractivity contribution is -0.114. The molecule has 4 heterocycles. The van der Waals surface area contributed by atoms with Crippen molar-refractivity contribution in [1.29, 1.82) is 0 Å². The summed E-state index contributed by atoms with van der Waals surface area (Å²) in [4.78, 5) is 43.1. The number of anilines is 2. The highest BCUT2D eigenvalue weighted by Crippen LogP contribution is 2.40. The molecule has 0 saturated carbocycles. The largest absolute Gasteiger partial charge is 0.490 e. The highest BCUT2D eigenvalue weighted by molar-refractivity contribution is 7.17. The fourth-order valence-electron chi connectivity index (χ4n) is 4.45. The number of amides is 2. The van der Waals surface area contributed by atoms with Crippen LogP contribution < -0.4 is 20.0 Å². The van der Waals surface area contributed by atoms with Gasteiger partial charge in [0, 0.05) is 43.2 Å². The molecule has 0 N–H and O–H groups in total. The number of thiophene rings is 1. The number of hydrogen-bond donors (Lipinski definition) is 0. The van der Waals surface area contributed by atoms with E-state index in [1.807, 2.05) is 49.3 Å². The van der Waals surface area contributed by atoms with E-state index in [4.69, 9.17) is 13.9 Å². The maximum Gasteiger partial charge on any atom is 0.410 e. The molecule has 0 unspecified atom stereocenters. The number of ether oxygens (including phenoxy) is 2. The van der Waals surface area contributed by atoms with Gasteiger partial charge in [-0.1, -0.05) is 12.6 Å². The standard InChI is InChI=1S/C27H29N3O6S/c1-5-22(32)30-12-13-34-21-7-6-17(14-19(21)30)18-16-37-25-20(31)15-23(35-24(18)25)28-8-10-29(11-9-28)26(33)36-27(2,3)4/h5-7,14-16H,1,8-13H2,2-4H3. The topological polar surface area (TPSA) is 92.5 Å². The third-order valence-corrected chi connectivity index (χ3v) is 7.22. The van der Waals surface area contributed by atoms with Crippen LogP contribution >= 0.6 is 11.3 Å². The van der Waals surface area contributed by atoms with Crippen LogP contribution in [0.4, 0.5) is 16.4 Å². The highest BCUT2D eigenvalue weighted by atomic mass is 32.1. The Morgan fingerprint density at radius 1 is 1.11 bits per heavy atom. The molecule has 2 aliphatic rings. The lowest BCUT2D eigenvalue weighted by Gasteiger charge is -2.35. The van der Waals surface area contributed by atoms with E-state index in [-0.39, 0.29) is 17.4 Å². The average molecular weight is 524 g/mol. The zero-order valence-corrected chi connectivity index (χ0v) is 21.9. The number of benzene rings is 1. The molecular formula is C27H29N3O6S. The summed E-state index contributed by atoms with van der Waals surface area (Å²) >= 11 is 1.33. The normalized spacial score (nSPS) is 15.8. The van der Waals surface area contributed by atoms with Gasteiger partial charge in [-0.2, -0.15) is 0 Å². The highest BCUT2D eigenvalue weighted by Gasteiger charge is 2.28. The molecule has 0 aliphatic carbocycles. The van der Waals surface area contributed by atoms with Crippen molar-refractivity contribution in [2.45, 2.75) is 26.4 Å². The van der Waals surface area contributed by atoms with Crippen LogP contribution in [0.1, 0.15) is 20.8 Å². The predicted molar refractivity (Wildman–Crippen MR) is 144 cm³/mol. The Balaban J connectivity index is 1.43. The van der Waals surface area contributed by atoms with Crippen LogP contribution in [0.5, 0.6) is 5.75 Å². The van der Waals surface area contributed by atoms with Crippen LogP contribution in [-0.2, 0) is 9.53 Å². The lowest BCUT2D eigenvalue weighted by Crippen LogP contribution is -2.50. The molecule has 0 bridgehead atoms. The molecule has 2 aliphatic heterocycles. The minimum absolute atomic E-state index is 0.119. The Bertz CT molecular complexity index is 1430. The third-order valence-electron chi connectivity index (χ3n) is 6.25. The lowest BCUT2D eigenvalue weighted by atomic mass is 10.1. The van der Waals surface area contributed by atoms with Crippen molar-refractivity contribution in [3.63, 3.8) is 0 Å². The van der Waals surface area contributed by atoms with E-state index >= 15 is 0 Å². The van der Waals surface area contributed by atoms with Crippen molar-refractivity contribution in [3.8, 4) is 16.9 Å². The molecule has 10 heteroatoms. The second-order valence-electron chi connectivity index (χ2n) is 9.94. The van der Waals surface area contributed by atoms with Crippen LogP contribution in [0.15, 0.2) is 51.5 Å². The second kappa shape index (κ2) is 9.59. The van der Waals surface area contributed by atoms with E-state index in [0.717, 1.165) is 11.1 Å². The first-order valence-corrected chi connectivity index (χ1v) is 13.0. The van der Waals surface area contributed by atoms with Crippen LogP contribution in [0.25, 0.3) is 21.4 Å². The molecule has 0 atom stereocenters. The van der Waals surface area contributed by atoms with Gasteiger partial charge in [0.1, 0.15) is 22.7 Å². The summed E-state index contributed by atoms with van der Waals surface area (Å²) in [6.07, 6.45) is 0.944. The van der Waals surface area contributed by atoms with Crippen molar-refractivity contribution in [2.75, 3.05) is 49.1 Å². The zero-order chi connectivity index (χ0) is 26.3. The van der Waals surface area contributed by atoms with Gasteiger partial charge in [0.05, 0.1) is 12.2 Å². The fourth-order valence-corrected chi connectivity index (χ4v) is 5.36. The van der Waals surface area contributed by atoms with E-state index in [9.17, 15) is 14.4 Å². The van der Waals surface area contributed by atoms with Gasteiger partial charge in [-0.05, 0) is 44.5 Å². The molecule has 5 rings (SSSR count). The predicted octanol–water partition coefficient (Wildman–Crippen LogP) is 4.49.